The SMILES string of the molecule is Cc1ccc(Cl)cc1N1CCC(CNc2cc(N3CCOCC3)ncn2)C1. The van der Waals surface area contributed by atoms with Gasteiger partial charge in [-0.1, -0.05) is 17.7 Å². The van der Waals surface area contributed by atoms with Gasteiger partial charge in [0.2, 0.25) is 0 Å². The van der Waals surface area contributed by atoms with Gasteiger partial charge in [0.05, 0.1) is 13.2 Å². The number of hydrogen-bond donors (Lipinski definition) is 1. The highest BCUT2D eigenvalue weighted by Crippen LogP contribution is 2.29. The molecule has 27 heavy (non-hydrogen) atoms. The summed E-state index contributed by atoms with van der Waals surface area (Å²) in [6, 6.07) is 8.17. The maximum atomic E-state index is 6.19. The van der Waals surface area contributed by atoms with Gasteiger partial charge in [0.15, 0.2) is 0 Å². The Morgan fingerprint density at radius 2 is 2.00 bits per heavy atom. The van der Waals surface area contributed by atoms with E-state index in [1.807, 2.05) is 12.1 Å². The largest absolute Gasteiger partial charge is 0.378 e. The second-order valence-corrected chi connectivity index (χ2v) is 7.71. The van der Waals surface area contributed by atoms with Crippen LogP contribution in [0.2, 0.25) is 5.02 Å². The highest BCUT2D eigenvalue weighted by atomic mass is 35.5. The van der Waals surface area contributed by atoms with E-state index in [2.05, 4.69) is 44.1 Å². The minimum atomic E-state index is 0.588. The number of anilines is 3. The van der Waals surface area contributed by atoms with Gasteiger partial charge in [-0.05, 0) is 37.0 Å². The highest BCUT2D eigenvalue weighted by molar-refractivity contribution is 6.30. The second-order valence-electron chi connectivity index (χ2n) is 7.27. The van der Waals surface area contributed by atoms with Crippen molar-refractivity contribution >= 4 is 28.9 Å². The van der Waals surface area contributed by atoms with Crippen LogP contribution in [0.3, 0.4) is 0 Å². The first kappa shape index (κ1) is 18.3. The maximum absolute atomic E-state index is 6.19. The van der Waals surface area contributed by atoms with Crippen LogP contribution < -0.4 is 15.1 Å². The van der Waals surface area contributed by atoms with Crippen molar-refractivity contribution in [2.24, 2.45) is 5.92 Å². The van der Waals surface area contributed by atoms with Gasteiger partial charge in [-0.2, -0.15) is 0 Å². The molecule has 7 heteroatoms. The molecule has 1 atom stereocenters. The van der Waals surface area contributed by atoms with Crippen LogP contribution in [-0.2, 0) is 4.74 Å². The van der Waals surface area contributed by atoms with Crippen LogP contribution in [0.1, 0.15) is 12.0 Å². The number of ether oxygens (including phenoxy) is 1. The molecule has 0 aliphatic carbocycles. The topological polar surface area (TPSA) is 53.5 Å². The molecular weight excluding hydrogens is 362 g/mol. The predicted molar refractivity (Wildman–Crippen MR) is 110 cm³/mol. The van der Waals surface area contributed by atoms with Crippen molar-refractivity contribution < 1.29 is 4.74 Å². The van der Waals surface area contributed by atoms with E-state index in [0.717, 1.165) is 62.6 Å². The summed E-state index contributed by atoms with van der Waals surface area (Å²) < 4.78 is 5.42. The first-order chi connectivity index (χ1) is 13.2. The lowest BCUT2D eigenvalue weighted by molar-refractivity contribution is 0.122. The van der Waals surface area contributed by atoms with E-state index in [4.69, 9.17) is 16.3 Å². The summed E-state index contributed by atoms with van der Waals surface area (Å²) in [7, 11) is 0. The Morgan fingerprint density at radius 1 is 1.15 bits per heavy atom. The Morgan fingerprint density at radius 3 is 2.85 bits per heavy atom. The fourth-order valence-corrected chi connectivity index (χ4v) is 3.97. The molecule has 1 N–H and O–H groups in total. The lowest BCUT2D eigenvalue weighted by Crippen LogP contribution is -2.36. The van der Waals surface area contributed by atoms with Crippen molar-refractivity contribution in [2.45, 2.75) is 13.3 Å². The predicted octanol–water partition coefficient (Wildman–Crippen LogP) is 3.21. The summed E-state index contributed by atoms with van der Waals surface area (Å²) in [4.78, 5) is 13.5. The molecule has 0 spiro atoms. The number of nitrogens with zero attached hydrogens (tertiary/aromatic N) is 4. The van der Waals surface area contributed by atoms with E-state index in [1.165, 1.54) is 17.7 Å². The fraction of sp³-hybridized carbons (Fsp3) is 0.500. The Labute approximate surface area is 165 Å². The van der Waals surface area contributed by atoms with E-state index in [1.54, 1.807) is 6.33 Å². The van der Waals surface area contributed by atoms with Gasteiger partial charge in [-0.25, -0.2) is 9.97 Å². The van der Waals surface area contributed by atoms with Crippen LogP contribution in [0.25, 0.3) is 0 Å². The van der Waals surface area contributed by atoms with Crippen molar-refractivity contribution in [3.05, 3.63) is 41.2 Å². The van der Waals surface area contributed by atoms with Gasteiger partial charge < -0.3 is 19.9 Å². The van der Waals surface area contributed by atoms with Gasteiger partial charge in [-0.15, -0.1) is 0 Å². The van der Waals surface area contributed by atoms with Gasteiger partial charge >= 0.3 is 0 Å². The molecule has 2 saturated heterocycles. The van der Waals surface area contributed by atoms with Crippen molar-refractivity contribution in [2.75, 3.05) is 61.1 Å². The lowest BCUT2D eigenvalue weighted by Gasteiger charge is -2.27. The van der Waals surface area contributed by atoms with Crippen LogP contribution in [0.4, 0.5) is 17.3 Å². The number of morpholine rings is 1. The first-order valence-corrected chi connectivity index (χ1v) is 9.96. The van der Waals surface area contributed by atoms with E-state index < -0.39 is 0 Å². The third-order valence-electron chi connectivity index (χ3n) is 5.36. The third kappa shape index (κ3) is 4.45. The Kier molecular flexibility index (Phi) is 5.64. The van der Waals surface area contributed by atoms with Crippen LogP contribution >= 0.6 is 11.6 Å². The average Bonchev–Trinajstić information content (AvgIpc) is 3.18. The number of halogens is 1. The molecule has 2 fully saturated rings. The smallest absolute Gasteiger partial charge is 0.134 e. The van der Waals surface area contributed by atoms with E-state index in [0.29, 0.717) is 5.92 Å². The number of benzene rings is 1. The molecule has 0 radical (unpaired) electrons. The first-order valence-electron chi connectivity index (χ1n) is 9.59. The molecule has 2 aromatic rings. The molecule has 0 amide bonds. The van der Waals surface area contributed by atoms with E-state index >= 15 is 0 Å². The molecular formula is C20H26ClN5O. The minimum absolute atomic E-state index is 0.588. The van der Waals surface area contributed by atoms with Crippen LogP contribution in [-0.4, -0.2) is 55.9 Å². The molecule has 0 bridgehead atoms. The Balaban J connectivity index is 1.34. The molecule has 2 aliphatic heterocycles. The summed E-state index contributed by atoms with van der Waals surface area (Å²) >= 11 is 6.19. The Bertz CT molecular complexity index is 781. The molecule has 3 heterocycles. The minimum Gasteiger partial charge on any atom is -0.378 e. The summed E-state index contributed by atoms with van der Waals surface area (Å²) in [6.45, 7) is 8.44. The second kappa shape index (κ2) is 8.31. The standard InChI is InChI=1S/C20H26ClN5O/c1-15-2-3-17(21)10-18(15)26-5-4-16(13-26)12-22-19-11-20(24-14-23-19)25-6-8-27-9-7-25/h2-3,10-11,14,16H,4-9,12-13H2,1H3,(H,22,23,24). The van der Waals surface area contributed by atoms with Gasteiger partial charge in [0, 0.05) is 49.5 Å². The fourth-order valence-electron chi connectivity index (χ4n) is 3.80. The molecule has 6 nitrogen and oxygen atoms in total. The number of nitrogens with one attached hydrogen (secondary N) is 1. The molecule has 1 aromatic carbocycles. The zero-order valence-electron chi connectivity index (χ0n) is 15.7. The Hall–Kier alpha value is -2.05. The van der Waals surface area contributed by atoms with Crippen molar-refractivity contribution in [1.29, 1.82) is 0 Å². The van der Waals surface area contributed by atoms with Crippen molar-refractivity contribution in [3.8, 4) is 0 Å². The summed E-state index contributed by atoms with van der Waals surface area (Å²) in [6.07, 6.45) is 2.81. The number of hydrogen-bond acceptors (Lipinski definition) is 6. The number of aromatic nitrogens is 2. The van der Waals surface area contributed by atoms with Gasteiger partial charge in [0.1, 0.15) is 18.0 Å². The van der Waals surface area contributed by atoms with Crippen LogP contribution in [0, 0.1) is 12.8 Å². The average molecular weight is 388 g/mol. The third-order valence-corrected chi connectivity index (χ3v) is 5.59. The number of rotatable bonds is 5. The molecule has 1 aromatic heterocycles. The molecule has 1 unspecified atom stereocenters. The highest BCUT2D eigenvalue weighted by Gasteiger charge is 2.24. The molecule has 144 valence electrons. The summed E-state index contributed by atoms with van der Waals surface area (Å²) in [5, 5.41) is 4.30. The summed E-state index contributed by atoms with van der Waals surface area (Å²) in [5.74, 6) is 2.45. The summed E-state index contributed by atoms with van der Waals surface area (Å²) in [5.41, 5.74) is 2.53. The zero-order chi connectivity index (χ0) is 18.6. The van der Waals surface area contributed by atoms with Crippen molar-refractivity contribution in [1.82, 2.24) is 9.97 Å². The number of aryl methyl sites for hydroxylation is 1. The normalized spacial score (nSPS) is 20.1. The lowest BCUT2D eigenvalue weighted by atomic mass is 10.1. The monoisotopic (exact) mass is 387 g/mol. The van der Waals surface area contributed by atoms with E-state index in [9.17, 15) is 0 Å². The quantitative estimate of drug-likeness (QED) is 0.850. The molecule has 0 saturated carbocycles. The van der Waals surface area contributed by atoms with Gasteiger partial charge in [0.25, 0.3) is 0 Å². The zero-order valence-corrected chi connectivity index (χ0v) is 16.5. The molecule has 2 aliphatic rings. The van der Waals surface area contributed by atoms with E-state index in [-0.39, 0.29) is 0 Å². The van der Waals surface area contributed by atoms with Crippen LogP contribution in [0.15, 0.2) is 30.6 Å². The maximum Gasteiger partial charge on any atom is 0.134 e. The molecule has 4 rings (SSSR count). The van der Waals surface area contributed by atoms with Crippen molar-refractivity contribution in [3.63, 3.8) is 0 Å². The van der Waals surface area contributed by atoms with Gasteiger partial charge in [-0.3, -0.25) is 0 Å². The van der Waals surface area contributed by atoms with Crippen LogP contribution in [0.5, 0.6) is 0 Å².